The first-order valence-electron chi connectivity index (χ1n) is 7.19. The first-order valence-corrected chi connectivity index (χ1v) is 7.19. The minimum Gasteiger partial charge on any atom is -0.462 e. The molecule has 10 nitrogen and oxygen atoms in total. The largest absolute Gasteiger partial charge is 0.462 e. The van der Waals surface area contributed by atoms with Crippen LogP contribution < -0.4 is 0 Å². The monoisotopic (exact) mass is 359 g/mol. The Labute approximate surface area is 144 Å². The summed E-state index contributed by atoms with van der Waals surface area (Å²) in [6.07, 6.45) is -5.39. The van der Waals surface area contributed by atoms with Gasteiger partial charge in [0.1, 0.15) is 18.8 Å². The van der Waals surface area contributed by atoms with Gasteiger partial charge in [-0.05, 0) is 0 Å². The maximum Gasteiger partial charge on any atom is 0.304 e. The molecule has 0 heterocycles. The fourth-order valence-electron chi connectivity index (χ4n) is 1.94. The van der Waals surface area contributed by atoms with E-state index < -0.39 is 54.9 Å². The van der Waals surface area contributed by atoms with Crippen LogP contribution >= 0.6 is 0 Å². The number of rotatable bonds is 9. The lowest BCUT2D eigenvalue weighted by molar-refractivity contribution is -0.191. The lowest BCUT2D eigenvalue weighted by Crippen LogP contribution is -2.51. The molecule has 0 aromatic heterocycles. The second-order valence-electron chi connectivity index (χ2n) is 4.88. The number of nitriles is 1. The summed E-state index contributed by atoms with van der Waals surface area (Å²) in [6, 6.07) is 1.68. The topological polar surface area (TPSA) is 138 Å². The summed E-state index contributed by atoms with van der Waals surface area (Å²) in [5, 5.41) is 9.22. The van der Waals surface area contributed by atoms with Crippen LogP contribution in [0.25, 0.3) is 0 Å². The highest BCUT2D eigenvalue weighted by atomic mass is 16.6. The summed E-state index contributed by atoms with van der Waals surface area (Å²) < 4.78 is 24.9. The van der Waals surface area contributed by atoms with Crippen molar-refractivity contribution in [3.05, 3.63) is 0 Å². The first-order chi connectivity index (χ1) is 11.6. The van der Waals surface area contributed by atoms with Gasteiger partial charge >= 0.3 is 23.9 Å². The molecule has 0 aromatic carbocycles. The summed E-state index contributed by atoms with van der Waals surface area (Å²) >= 11 is 0. The molecule has 0 aliphatic rings. The van der Waals surface area contributed by atoms with Crippen LogP contribution in [0.15, 0.2) is 0 Å². The first kappa shape index (κ1) is 22.3. The maximum absolute atomic E-state index is 11.4. The number of esters is 4. The fourth-order valence-corrected chi connectivity index (χ4v) is 1.94. The zero-order valence-electron chi connectivity index (χ0n) is 14.6. The number of hydrogen-bond donors (Lipinski definition) is 0. The smallest absolute Gasteiger partial charge is 0.304 e. The van der Waals surface area contributed by atoms with Gasteiger partial charge in [-0.2, -0.15) is 5.26 Å². The number of carbonyl (C=O) groups excluding carboxylic acids is 4. The second kappa shape index (κ2) is 11.0. The Balaban J connectivity index is 5.67. The second-order valence-corrected chi connectivity index (χ2v) is 4.88. The van der Waals surface area contributed by atoms with Gasteiger partial charge in [-0.1, -0.05) is 0 Å². The van der Waals surface area contributed by atoms with Crippen molar-refractivity contribution >= 4 is 23.9 Å². The Hall–Kier alpha value is -2.67. The standard InChI is InChI=1S/C15H21NO9/c1-8(17)22-7-13(24-10(3)19)14(21-5)15(25-11(4)20)12(6-16)23-9(2)18/h12-15H,7H2,1-5H3. The minimum atomic E-state index is -1.53. The molecule has 0 rings (SSSR count). The molecular formula is C15H21NO9. The van der Waals surface area contributed by atoms with Crippen molar-refractivity contribution in [1.29, 1.82) is 5.26 Å². The van der Waals surface area contributed by atoms with Crippen molar-refractivity contribution in [1.82, 2.24) is 0 Å². The molecule has 0 saturated carbocycles. The van der Waals surface area contributed by atoms with Gasteiger partial charge in [0.25, 0.3) is 0 Å². The number of ether oxygens (including phenoxy) is 5. The van der Waals surface area contributed by atoms with E-state index in [1.165, 1.54) is 7.11 Å². The molecular weight excluding hydrogens is 338 g/mol. The summed E-state index contributed by atoms with van der Waals surface area (Å²) in [5.41, 5.74) is 0. The van der Waals surface area contributed by atoms with Crippen LogP contribution in [0, 0.1) is 11.3 Å². The molecule has 0 spiro atoms. The molecule has 0 aliphatic heterocycles. The summed E-state index contributed by atoms with van der Waals surface area (Å²) in [4.78, 5) is 44.9. The molecule has 0 bridgehead atoms. The highest BCUT2D eigenvalue weighted by Gasteiger charge is 2.42. The normalized spacial score (nSPS) is 14.9. The number of carbonyl (C=O) groups is 4. The van der Waals surface area contributed by atoms with E-state index in [2.05, 4.69) is 0 Å². The van der Waals surface area contributed by atoms with Crippen LogP contribution in [-0.4, -0.2) is 62.0 Å². The van der Waals surface area contributed by atoms with Crippen molar-refractivity contribution in [2.45, 2.75) is 52.1 Å². The van der Waals surface area contributed by atoms with Gasteiger partial charge < -0.3 is 23.7 Å². The molecule has 0 aromatic rings. The van der Waals surface area contributed by atoms with Crippen molar-refractivity contribution in [3.63, 3.8) is 0 Å². The Morgan fingerprint density at radius 3 is 1.72 bits per heavy atom. The molecule has 25 heavy (non-hydrogen) atoms. The third-order valence-electron chi connectivity index (χ3n) is 2.75. The molecule has 140 valence electrons. The van der Waals surface area contributed by atoms with E-state index in [0.29, 0.717) is 0 Å². The molecule has 0 fully saturated rings. The van der Waals surface area contributed by atoms with Crippen LogP contribution in [0.4, 0.5) is 0 Å². The van der Waals surface area contributed by atoms with Gasteiger partial charge in [0.15, 0.2) is 12.2 Å². The van der Waals surface area contributed by atoms with Crippen LogP contribution in [0.3, 0.4) is 0 Å². The third-order valence-corrected chi connectivity index (χ3v) is 2.75. The van der Waals surface area contributed by atoms with Gasteiger partial charge in [-0.25, -0.2) is 0 Å². The maximum atomic E-state index is 11.4. The number of methoxy groups -OCH3 is 1. The lowest BCUT2D eigenvalue weighted by Gasteiger charge is -2.32. The van der Waals surface area contributed by atoms with E-state index in [4.69, 9.17) is 23.7 Å². The van der Waals surface area contributed by atoms with Gasteiger partial charge in [-0.15, -0.1) is 0 Å². The van der Waals surface area contributed by atoms with Gasteiger partial charge in [0.05, 0.1) is 0 Å². The Kier molecular flexibility index (Phi) is 9.81. The quantitative estimate of drug-likeness (QED) is 0.404. The Bertz CT molecular complexity index is 540. The zero-order valence-corrected chi connectivity index (χ0v) is 14.6. The van der Waals surface area contributed by atoms with Gasteiger partial charge in [0, 0.05) is 34.8 Å². The molecule has 0 saturated heterocycles. The van der Waals surface area contributed by atoms with E-state index in [9.17, 15) is 24.4 Å². The van der Waals surface area contributed by atoms with Gasteiger partial charge in [0.2, 0.25) is 6.10 Å². The average molecular weight is 359 g/mol. The number of hydrogen-bond acceptors (Lipinski definition) is 10. The molecule has 0 radical (unpaired) electrons. The average Bonchev–Trinajstić information content (AvgIpc) is 2.48. The molecule has 4 atom stereocenters. The predicted molar refractivity (Wildman–Crippen MR) is 79.7 cm³/mol. The molecule has 0 N–H and O–H groups in total. The van der Waals surface area contributed by atoms with Crippen LogP contribution in [-0.2, 0) is 42.9 Å². The minimum absolute atomic E-state index is 0.413. The van der Waals surface area contributed by atoms with E-state index in [1.807, 2.05) is 0 Å². The Morgan fingerprint density at radius 1 is 0.840 bits per heavy atom. The van der Waals surface area contributed by atoms with E-state index >= 15 is 0 Å². The van der Waals surface area contributed by atoms with Crippen molar-refractivity contribution in [2.24, 2.45) is 0 Å². The highest BCUT2D eigenvalue weighted by Crippen LogP contribution is 2.18. The van der Waals surface area contributed by atoms with Crippen LogP contribution in [0.5, 0.6) is 0 Å². The summed E-state index contributed by atoms with van der Waals surface area (Å²) in [6.45, 7) is 3.99. The van der Waals surface area contributed by atoms with Crippen LogP contribution in [0.1, 0.15) is 27.7 Å². The predicted octanol–water partition coefficient (Wildman–Crippen LogP) is -0.117. The number of nitrogens with zero attached hydrogens (tertiary/aromatic N) is 1. The fraction of sp³-hybridized carbons (Fsp3) is 0.667. The zero-order chi connectivity index (χ0) is 19.6. The molecule has 4 unspecified atom stereocenters. The van der Waals surface area contributed by atoms with E-state index in [-0.39, 0.29) is 0 Å². The van der Waals surface area contributed by atoms with Crippen LogP contribution in [0.2, 0.25) is 0 Å². The molecule has 0 amide bonds. The van der Waals surface area contributed by atoms with E-state index in [0.717, 1.165) is 27.7 Å². The molecule has 0 aliphatic carbocycles. The van der Waals surface area contributed by atoms with Crippen molar-refractivity contribution in [3.8, 4) is 6.07 Å². The van der Waals surface area contributed by atoms with Gasteiger partial charge in [-0.3, -0.25) is 19.2 Å². The van der Waals surface area contributed by atoms with E-state index in [1.54, 1.807) is 6.07 Å². The summed E-state index contributed by atoms with van der Waals surface area (Å²) in [5.74, 6) is -2.94. The lowest BCUT2D eigenvalue weighted by atomic mass is 10.0. The summed E-state index contributed by atoms with van der Waals surface area (Å²) in [7, 11) is 1.20. The highest BCUT2D eigenvalue weighted by molar-refractivity contribution is 5.68. The molecule has 10 heteroatoms. The SMILES string of the molecule is COC(C(COC(C)=O)OC(C)=O)C(OC(C)=O)C(C#N)OC(C)=O. The van der Waals surface area contributed by atoms with Crippen molar-refractivity contribution < 1.29 is 42.9 Å². The Morgan fingerprint density at radius 2 is 1.36 bits per heavy atom. The van der Waals surface area contributed by atoms with Crippen molar-refractivity contribution in [2.75, 3.05) is 13.7 Å². The third kappa shape index (κ3) is 8.66.